The molecule has 0 bridgehead atoms. The number of rotatable bonds is 4. The van der Waals surface area contributed by atoms with Gasteiger partial charge in [0, 0.05) is 45.6 Å². The van der Waals surface area contributed by atoms with Crippen molar-refractivity contribution in [3.05, 3.63) is 35.9 Å². The Hall–Kier alpha value is -3.73. The van der Waals surface area contributed by atoms with Crippen LogP contribution in [0.4, 0.5) is 10.6 Å². The molecular formula is C25H30N8O3. The highest BCUT2D eigenvalue weighted by atomic mass is 16.5. The van der Waals surface area contributed by atoms with Gasteiger partial charge in [0.1, 0.15) is 11.6 Å². The molecule has 11 heteroatoms. The minimum Gasteiger partial charge on any atom is -0.465 e. The third-order valence-corrected chi connectivity index (χ3v) is 7.31. The van der Waals surface area contributed by atoms with Crippen molar-refractivity contribution in [2.45, 2.75) is 32.1 Å². The van der Waals surface area contributed by atoms with Gasteiger partial charge in [0.15, 0.2) is 17.0 Å². The highest BCUT2D eigenvalue weighted by molar-refractivity contribution is 5.86. The van der Waals surface area contributed by atoms with Crippen molar-refractivity contribution in [3.63, 3.8) is 0 Å². The molecule has 0 saturated carbocycles. The van der Waals surface area contributed by atoms with Gasteiger partial charge in [-0.15, -0.1) is 0 Å². The summed E-state index contributed by atoms with van der Waals surface area (Å²) in [4.78, 5) is 35.1. The van der Waals surface area contributed by atoms with Crippen molar-refractivity contribution in [3.8, 4) is 5.95 Å². The summed E-state index contributed by atoms with van der Waals surface area (Å²) in [6, 6.07) is 8.06. The molecule has 3 aromatic heterocycles. The lowest BCUT2D eigenvalue weighted by Crippen LogP contribution is -2.37. The number of morpholine rings is 1. The number of hydrogen-bond donors (Lipinski definition) is 1. The van der Waals surface area contributed by atoms with Crippen molar-refractivity contribution < 1.29 is 14.6 Å². The molecule has 2 saturated heterocycles. The number of aromatic nitrogens is 6. The average Bonchev–Trinajstić information content (AvgIpc) is 3.46. The Balaban J connectivity index is 1.51. The van der Waals surface area contributed by atoms with E-state index in [2.05, 4.69) is 21.0 Å². The number of nitrogens with zero attached hydrogens (tertiary/aromatic N) is 8. The molecule has 1 aromatic carbocycles. The van der Waals surface area contributed by atoms with Gasteiger partial charge in [0.25, 0.3) is 0 Å². The molecule has 5 heterocycles. The van der Waals surface area contributed by atoms with Gasteiger partial charge in [-0.05, 0) is 25.0 Å². The summed E-state index contributed by atoms with van der Waals surface area (Å²) in [5.74, 6) is 3.41. The van der Waals surface area contributed by atoms with Gasteiger partial charge < -0.3 is 24.2 Å². The minimum atomic E-state index is -0.858. The van der Waals surface area contributed by atoms with Crippen LogP contribution in [0.15, 0.2) is 24.3 Å². The van der Waals surface area contributed by atoms with E-state index in [-0.39, 0.29) is 5.92 Å². The molecule has 0 spiro atoms. The molecule has 36 heavy (non-hydrogen) atoms. The van der Waals surface area contributed by atoms with Crippen molar-refractivity contribution in [2.24, 2.45) is 7.05 Å². The number of likely N-dealkylation sites (tertiary alicyclic amines) is 1. The number of fused-ring (bicyclic) bond motifs is 2. The van der Waals surface area contributed by atoms with Crippen LogP contribution < -0.4 is 4.90 Å². The van der Waals surface area contributed by atoms with Gasteiger partial charge in [-0.25, -0.2) is 14.8 Å². The van der Waals surface area contributed by atoms with Gasteiger partial charge in [-0.2, -0.15) is 9.97 Å². The second-order valence-electron chi connectivity index (χ2n) is 9.40. The number of aryl methyl sites for hydroxylation is 2. The Labute approximate surface area is 208 Å². The number of piperidine rings is 1. The summed E-state index contributed by atoms with van der Waals surface area (Å²) in [6.07, 6.45) is 1.37. The van der Waals surface area contributed by atoms with Gasteiger partial charge in [0.2, 0.25) is 5.95 Å². The van der Waals surface area contributed by atoms with E-state index in [4.69, 9.17) is 24.7 Å². The summed E-state index contributed by atoms with van der Waals surface area (Å²) >= 11 is 0. The maximum Gasteiger partial charge on any atom is 0.407 e. The SMILES string of the molecule is CCc1nc2ccccc2n1-c1nc(N2CCOCC2)c2nc(C3CCN(C(=O)O)CC3)n(C)c2n1. The van der Waals surface area contributed by atoms with Crippen LogP contribution in [0.3, 0.4) is 0 Å². The smallest absolute Gasteiger partial charge is 0.407 e. The zero-order valence-corrected chi connectivity index (χ0v) is 20.6. The van der Waals surface area contributed by atoms with Crippen LogP contribution in [0, 0.1) is 0 Å². The first-order chi connectivity index (χ1) is 17.5. The fourth-order valence-electron chi connectivity index (χ4n) is 5.38. The first kappa shape index (κ1) is 22.7. The van der Waals surface area contributed by atoms with E-state index in [0.29, 0.717) is 32.3 Å². The lowest BCUT2D eigenvalue weighted by molar-refractivity contribution is 0.122. The second kappa shape index (κ2) is 9.05. The number of benzene rings is 1. The molecule has 11 nitrogen and oxygen atoms in total. The predicted octanol–water partition coefficient (Wildman–Crippen LogP) is 2.96. The normalized spacial score (nSPS) is 17.4. The van der Waals surface area contributed by atoms with Crippen molar-refractivity contribution in [1.82, 2.24) is 34.0 Å². The number of anilines is 1. The van der Waals surface area contributed by atoms with E-state index in [1.54, 1.807) is 0 Å². The van der Waals surface area contributed by atoms with E-state index in [0.717, 1.165) is 72.0 Å². The molecule has 0 aliphatic carbocycles. The summed E-state index contributed by atoms with van der Waals surface area (Å²) in [5.41, 5.74) is 3.45. The molecule has 2 aliphatic rings. The Morgan fingerprint density at radius 1 is 1.06 bits per heavy atom. The fourth-order valence-corrected chi connectivity index (χ4v) is 5.38. The van der Waals surface area contributed by atoms with Crippen LogP contribution in [0.2, 0.25) is 0 Å². The van der Waals surface area contributed by atoms with Crippen LogP contribution in [-0.4, -0.2) is 84.6 Å². The number of para-hydroxylation sites is 2. The maximum absolute atomic E-state index is 11.4. The Morgan fingerprint density at radius 3 is 2.53 bits per heavy atom. The molecule has 0 atom stereocenters. The fraction of sp³-hybridized carbons (Fsp3) is 0.480. The van der Waals surface area contributed by atoms with Crippen LogP contribution in [0.25, 0.3) is 28.1 Å². The number of carboxylic acid groups (broad SMARTS) is 1. The summed E-state index contributed by atoms with van der Waals surface area (Å²) in [6.45, 7) is 5.86. The molecule has 1 amide bonds. The average molecular weight is 491 g/mol. The van der Waals surface area contributed by atoms with Crippen LogP contribution in [0.5, 0.6) is 0 Å². The third kappa shape index (κ3) is 3.74. The second-order valence-corrected chi connectivity index (χ2v) is 9.40. The summed E-state index contributed by atoms with van der Waals surface area (Å²) in [5, 5.41) is 9.35. The standard InChI is InChI=1S/C25H30N8O3/c1-3-19-26-17-6-4-5-7-18(17)33(19)24-28-22-20(23(29-24)31-12-14-36-15-13-31)27-21(30(22)2)16-8-10-32(11-9-16)25(34)35/h4-7,16H,3,8-15H2,1-2H3,(H,34,35). The number of amides is 1. The molecular weight excluding hydrogens is 460 g/mol. The van der Waals surface area contributed by atoms with E-state index in [1.807, 2.05) is 31.3 Å². The van der Waals surface area contributed by atoms with E-state index in [9.17, 15) is 9.90 Å². The number of ether oxygens (including phenoxy) is 1. The monoisotopic (exact) mass is 490 g/mol. The Kier molecular flexibility index (Phi) is 5.71. The van der Waals surface area contributed by atoms with Gasteiger partial charge >= 0.3 is 6.09 Å². The molecule has 2 fully saturated rings. The van der Waals surface area contributed by atoms with E-state index in [1.165, 1.54) is 4.90 Å². The predicted molar refractivity (Wildman–Crippen MR) is 135 cm³/mol. The minimum absolute atomic E-state index is 0.168. The zero-order chi connectivity index (χ0) is 24.8. The Morgan fingerprint density at radius 2 is 1.81 bits per heavy atom. The molecule has 6 rings (SSSR count). The van der Waals surface area contributed by atoms with Crippen LogP contribution in [0.1, 0.15) is 37.3 Å². The number of hydrogen-bond acceptors (Lipinski definition) is 7. The number of imidazole rings is 2. The zero-order valence-electron chi connectivity index (χ0n) is 20.6. The van der Waals surface area contributed by atoms with Gasteiger partial charge in [-0.3, -0.25) is 4.57 Å². The summed E-state index contributed by atoms with van der Waals surface area (Å²) < 4.78 is 9.72. The van der Waals surface area contributed by atoms with Crippen molar-refractivity contribution >= 4 is 34.1 Å². The lowest BCUT2D eigenvalue weighted by atomic mass is 9.96. The van der Waals surface area contributed by atoms with E-state index >= 15 is 0 Å². The molecule has 2 aliphatic heterocycles. The van der Waals surface area contributed by atoms with Crippen LogP contribution in [-0.2, 0) is 18.2 Å². The molecule has 0 unspecified atom stereocenters. The van der Waals surface area contributed by atoms with E-state index < -0.39 is 6.09 Å². The summed E-state index contributed by atoms with van der Waals surface area (Å²) in [7, 11) is 2.00. The molecule has 188 valence electrons. The highest BCUT2D eigenvalue weighted by Crippen LogP contribution is 2.33. The topological polar surface area (TPSA) is 114 Å². The molecule has 4 aromatic rings. The quantitative estimate of drug-likeness (QED) is 0.464. The van der Waals surface area contributed by atoms with Crippen LogP contribution >= 0.6 is 0 Å². The Bertz CT molecular complexity index is 1430. The largest absolute Gasteiger partial charge is 0.465 e. The molecule has 0 radical (unpaired) electrons. The number of carbonyl (C=O) groups is 1. The van der Waals surface area contributed by atoms with Crippen molar-refractivity contribution in [2.75, 3.05) is 44.3 Å². The van der Waals surface area contributed by atoms with Gasteiger partial charge in [0.05, 0.1) is 24.2 Å². The van der Waals surface area contributed by atoms with Crippen molar-refractivity contribution in [1.29, 1.82) is 0 Å². The first-order valence-electron chi connectivity index (χ1n) is 12.6. The maximum atomic E-state index is 11.4. The first-order valence-corrected chi connectivity index (χ1v) is 12.6. The van der Waals surface area contributed by atoms with Gasteiger partial charge in [-0.1, -0.05) is 19.1 Å². The third-order valence-electron chi connectivity index (χ3n) is 7.31. The highest BCUT2D eigenvalue weighted by Gasteiger charge is 2.29. The lowest BCUT2D eigenvalue weighted by Gasteiger charge is -2.29. The molecule has 1 N–H and O–H groups in total.